The zero-order valence-electron chi connectivity index (χ0n) is 50.1. The standard InChI is InChI=1S/C62H117N3O12S/c1-4-7-10-13-16-19-20-21-22-25-26-29-32-37-58(67)65-56(62(70)64-43-36-45-72-47-49-73-48-46-71-44-35-42-63-57(66)40-41-61-74-50-51-75-61)54-78-53-55(77-60(69)39-34-31-28-24-18-15-12-9-6-3)52-76-59(68)38-33-30-27-23-17-14-11-8-5-2/h55-56,61H,4-54H2,1-3H3,(H,63,66)(H,64,70)(H,65,67)/t55-,56?/m1/s1. The summed E-state index contributed by atoms with van der Waals surface area (Å²) in [7, 11) is 0. The molecule has 1 rings (SSSR count). The second-order valence-electron chi connectivity index (χ2n) is 21.5. The first-order chi connectivity index (χ1) is 38.3. The summed E-state index contributed by atoms with van der Waals surface area (Å²) < 4.78 is 39.3. The third-order valence-electron chi connectivity index (χ3n) is 14.0. The van der Waals surface area contributed by atoms with E-state index >= 15 is 0 Å². The van der Waals surface area contributed by atoms with Gasteiger partial charge in [0.1, 0.15) is 18.8 Å². The Balaban J connectivity index is 2.61. The molecule has 1 aliphatic heterocycles. The Kier molecular flexibility index (Phi) is 54.4. The van der Waals surface area contributed by atoms with Crippen molar-refractivity contribution in [2.75, 3.05) is 84.1 Å². The third-order valence-corrected chi connectivity index (χ3v) is 15.2. The van der Waals surface area contributed by atoms with Gasteiger partial charge in [0, 0.05) is 69.9 Å². The van der Waals surface area contributed by atoms with E-state index < -0.39 is 12.1 Å². The Morgan fingerprint density at radius 1 is 0.449 bits per heavy atom. The van der Waals surface area contributed by atoms with Crippen LogP contribution in [-0.4, -0.2) is 132 Å². The van der Waals surface area contributed by atoms with Crippen molar-refractivity contribution in [1.82, 2.24) is 16.0 Å². The van der Waals surface area contributed by atoms with Crippen molar-refractivity contribution in [3.8, 4) is 0 Å². The molecule has 0 aliphatic carbocycles. The molecule has 1 fully saturated rings. The molecule has 16 heteroatoms. The van der Waals surface area contributed by atoms with Crippen LogP contribution >= 0.6 is 11.8 Å². The lowest BCUT2D eigenvalue weighted by molar-refractivity contribution is -0.157. The molecular formula is C62H117N3O12S. The van der Waals surface area contributed by atoms with Crippen LogP contribution < -0.4 is 16.0 Å². The maximum atomic E-state index is 13.6. The first-order valence-corrected chi connectivity index (χ1v) is 33.2. The number of amides is 3. The molecule has 3 amide bonds. The van der Waals surface area contributed by atoms with Gasteiger partial charge in [-0.3, -0.25) is 24.0 Å². The molecule has 0 aromatic heterocycles. The summed E-state index contributed by atoms with van der Waals surface area (Å²) in [5.74, 6) is -0.434. The van der Waals surface area contributed by atoms with Gasteiger partial charge in [-0.1, -0.05) is 201 Å². The molecule has 458 valence electrons. The molecule has 0 spiro atoms. The van der Waals surface area contributed by atoms with Crippen LogP contribution in [-0.2, 0) is 57.1 Å². The van der Waals surface area contributed by atoms with Gasteiger partial charge in [-0.05, 0) is 32.1 Å². The SMILES string of the molecule is CCCCCCCCCCCCCCCC(=O)NC(CSC[C@@H](COC(=O)CCCCCCCCCCC)OC(=O)CCCCCCCCCCC)C(=O)NCCCOCCOCCOCCCNC(=O)CCC1OCCO1. The largest absolute Gasteiger partial charge is 0.462 e. The normalized spacial score (nSPS) is 13.4. The minimum Gasteiger partial charge on any atom is -0.462 e. The summed E-state index contributed by atoms with van der Waals surface area (Å²) >= 11 is 1.41. The third kappa shape index (κ3) is 50.5. The Labute approximate surface area is 479 Å². The van der Waals surface area contributed by atoms with E-state index in [9.17, 15) is 24.0 Å². The summed E-state index contributed by atoms with van der Waals surface area (Å²) in [6.07, 6.45) is 39.0. The molecule has 1 heterocycles. The van der Waals surface area contributed by atoms with Gasteiger partial charge in [0.15, 0.2) is 6.29 Å². The van der Waals surface area contributed by atoms with Crippen molar-refractivity contribution in [1.29, 1.82) is 0 Å². The Morgan fingerprint density at radius 2 is 0.859 bits per heavy atom. The Hall–Kier alpha value is -2.50. The topological polar surface area (TPSA) is 186 Å². The smallest absolute Gasteiger partial charge is 0.306 e. The van der Waals surface area contributed by atoms with E-state index in [-0.39, 0.29) is 48.3 Å². The molecule has 78 heavy (non-hydrogen) atoms. The van der Waals surface area contributed by atoms with E-state index in [0.29, 0.717) is 117 Å². The van der Waals surface area contributed by atoms with Crippen molar-refractivity contribution in [2.45, 2.75) is 283 Å². The van der Waals surface area contributed by atoms with Crippen molar-refractivity contribution >= 4 is 41.4 Å². The summed E-state index contributed by atoms with van der Waals surface area (Å²) in [6.45, 7) is 11.4. The fourth-order valence-electron chi connectivity index (χ4n) is 9.21. The molecule has 0 aromatic carbocycles. The van der Waals surface area contributed by atoms with Gasteiger partial charge >= 0.3 is 11.9 Å². The molecule has 1 unspecified atom stereocenters. The highest BCUT2D eigenvalue weighted by molar-refractivity contribution is 7.99. The van der Waals surface area contributed by atoms with Gasteiger partial charge in [-0.2, -0.15) is 11.8 Å². The summed E-state index contributed by atoms with van der Waals surface area (Å²) in [5, 5.41) is 8.88. The van der Waals surface area contributed by atoms with E-state index in [0.717, 1.165) is 57.8 Å². The molecule has 0 radical (unpaired) electrons. The quantitative estimate of drug-likeness (QED) is 0.0386. The van der Waals surface area contributed by atoms with Crippen LogP contribution in [0.4, 0.5) is 0 Å². The van der Waals surface area contributed by atoms with Gasteiger partial charge in [0.2, 0.25) is 17.7 Å². The maximum absolute atomic E-state index is 13.6. The zero-order chi connectivity index (χ0) is 56.5. The molecule has 2 atom stereocenters. The average Bonchev–Trinajstić information content (AvgIpc) is 3.97. The number of carbonyl (C=O) groups is 5. The van der Waals surface area contributed by atoms with Gasteiger partial charge in [-0.15, -0.1) is 0 Å². The predicted molar refractivity (Wildman–Crippen MR) is 317 cm³/mol. The van der Waals surface area contributed by atoms with Crippen molar-refractivity contribution in [3.05, 3.63) is 0 Å². The highest BCUT2D eigenvalue weighted by Crippen LogP contribution is 2.17. The van der Waals surface area contributed by atoms with Gasteiger partial charge in [0.05, 0.1) is 39.6 Å². The number of hydrogen-bond donors (Lipinski definition) is 3. The summed E-state index contributed by atoms with van der Waals surface area (Å²) in [4.78, 5) is 64.9. The highest BCUT2D eigenvalue weighted by atomic mass is 32.2. The fraction of sp³-hybridized carbons (Fsp3) is 0.919. The Morgan fingerprint density at radius 3 is 1.33 bits per heavy atom. The van der Waals surface area contributed by atoms with Crippen molar-refractivity contribution < 1.29 is 57.1 Å². The zero-order valence-corrected chi connectivity index (χ0v) is 50.9. The lowest BCUT2D eigenvalue weighted by Crippen LogP contribution is -2.48. The van der Waals surface area contributed by atoms with Gasteiger partial charge < -0.3 is 49.1 Å². The van der Waals surface area contributed by atoms with E-state index in [4.69, 9.17) is 33.2 Å². The van der Waals surface area contributed by atoms with Crippen LogP contribution in [0.1, 0.15) is 265 Å². The number of rotatable bonds is 60. The van der Waals surface area contributed by atoms with Crippen LogP contribution in [0.2, 0.25) is 0 Å². The van der Waals surface area contributed by atoms with Crippen LogP contribution in [0.25, 0.3) is 0 Å². The monoisotopic (exact) mass is 1130 g/mol. The molecular weight excluding hydrogens is 1010 g/mol. The first-order valence-electron chi connectivity index (χ1n) is 32.0. The van der Waals surface area contributed by atoms with Gasteiger partial charge in [-0.25, -0.2) is 0 Å². The van der Waals surface area contributed by atoms with E-state index in [1.54, 1.807) is 0 Å². The number of esters is 2. The van der Waals surface area contributed by atoms with Crippen molar-refractivity contribution in [2.24, 2.45) is 0 Å². The van der Waals surface area contributed by atoms with E-state index in [1.807, 2.05) is 0 Å². The number of hydrogen-bond acceptors (Lipinski definition) is 13. The van der Waals surface area contributed by atoms with Crippen LogP contribution in [0.5, 0.6) is 0 Å². The number of ether oxygens (including phenoxy) is 7. The van der Waals surface area contributed by atoms with E-state index in [2.05, 4.69) is 36.7 Å². The molecule has 1 aliphatic rings. The molecule has 0 saturated carbocycles. The number of thioether (sulfide) groups is 1. The van der Waals surface area contributed by atoms with Crippen molar-refractivity contribution in [3.63, 3.8) is 0 Å². The molecule has 0 bridgehead atoms. The second-order valence-corrected chi connectivity index (χ2v) is 22.6. The minimum absolute atomic E-state index is 0.0189. The molecule has 3 N–H and O–H groups in total. The maximum Gasteiger partial charge on any atom is 0.306 e. The second kappa shape index (κ2) is 57.7. The lowest BCUT2D eigenvalue weighted by Gasteiger charge is -2.21. The predicted octanol–water partition coefficient (Wildman–Crippen LogP) is 13.2. The highest BCUT2D eigenvalue weighted by Gasteiger charge is 2.24. The minimum atomic E-state index is -0.787. The molecule has 1 saturated heterocycles. The number of nitrogens with one attached hydrogen (secondary N) is 3. The summed E-state index contributed by atoms with van der Waals surface area (Å²) in [5.41, 5.74) is 0. The lowest BCUT2D eigenvalue weighted by atomic mass is 10.0. The Bertz CT molecular complexity index is 1390. The van der Waals surface area contributed by atoms with Gasteiger partial charge in [0.25, 0.3) is 0 Å². The average molecular weight is 1130 g/mol. The molecule has 0 aromatic rings. The fourth-order valence-corrected chi connectivity index (χ4v) is 10.2. The van der Waals surface area contributed by atoms with Crippen LogP contribution in [0, 0.1) is 0 Å². The van der Waals surface area contributed by atoms with Crippen LogP contribution in [0.3, 0.4) is 0 Å². The number of unbranched alkanes of at least 4 members (excludes halogenated alkanes) is 28. The van der Waals surface area contributed by atoms with Crippen LogP contribution in [0.15, 0.2) is 0 Å². The number of carbonyl (C=O) groups excluding carboxylic acids is 5. The van der Waals surface area contributed by atoms with E-state index in [1.165, 1.54) is 153 Å². The molecule has 15 nitrogen and oxygen atoms in total. The first kappa shape index (κ1) is 73.5. The summed E-state index contributed by atoms with van der Waals surface area (Å²) in [6, 6.07) is -0.787.